The Hall–Kier alpha value is -1.68. The van der Waals surface area contributed by atoms with Crippen LogP contribution in [-0.2, 0) is 0 Å². The molecule has 0 unspecified atom stereocenters. The van der Waals surface area contributed by atoms with E-state index in [9.17, 15) is 9.18 Å². The number of amides is 1. The molecule has 2 aromatic rings. The molecule has 0 aromatic heterocycles. The number of anilines is 1. The van der Waals surface area contributed by atoms with Gasteiger partial charge in [-0.25, -0.2) is 4.39 Å². The van der Waals surface area contributed by atoms with Crippen molar-refractivity contribution in [3.8, 4) is 0 Å². The monoisotopic (exact) mass is 321 g/mol. The van der Waals surface area contributed by atoms with E-state index in [1.807, 2.05) is 13.0 Å². The Labute approximate surface area is 119 Å². The maximum absolute atomic E-state index is 13.8. The second kappa shape index (κ2) is 5.53. The Morgan fingerprint density at radius 1 is 1.16 bits per heavy atom. The van der Waals surface area contributed by atoms with Crippen LogP contribution in [0.4, 0.5) is 10.1 Å². The summed E-state index contributed by atoms with van der Waals surface area (Å²) in [6.07, 6.45) is 0. The molecule has 2 aromatic carbocycles. The third-order valence-corrected chi connectivity index (χ3v) is 3.72. The fourth-order valence-electron chi connectivity index (χ4n) is 1.69. The molecule has 0 atom stereocenters. The number of aryl methyl sites for hydroxylation is 2. The molecular weight excluding hydrogens is 309 g/mol. The lowest BCUT2D eigenvalue weighted by Gasteiger charge is -2.08. The summed E-state index contributed by atoms with van der Waals surface area (Å²) in [7, 11) is 0. The fraction of sp³-hybridized carbons (Fsp3) is 0.133. The normalized spacial score (nSPS) is 10.3. The van der Waals surface area contributed by atoms with Crippen molar-refractivity contribution >= 4 is 27.5 Å². The first-order valence-electron chi connectivity index (χ1n) is 5.81. The van der Waals surface area contributed by atoms with Gasteiger partial charge in [0.2, 0.25) is 0 Å². The van der Waals surface area contributed by atoms with Gasteiger partial charge in [-0.2, -0.15) is 0 Å². The van der Waals surface area contributed by atoms with E-state index in [1.165, 1.54) is 6.07 Å². The van der Waals surface area contributed by atoms with Crippen molar-refractivity contribution in [2.24, 2.45) is 0 Å². The second-order valence-electron chi connectivity index (χ2n) is 4.35. The molecule has 0 spiro atoms. The maximum atomic E-state index is 13.8. The first kappa shape index (κ1) is 13.7. The summed E-state index contributed by atoms with van der Waals surface area (Å²) in [6, 6.07) is 10.2. The van der Waals surface area contributed by atoms with Gasteiger partial charge in [-0.05, 0) is 43.2 Å². The Balaban J connectivity index is 2.26. The van der Waals surface area contributed by atoms with Crippen LogP contribution in [0.5, 0.6) is 0 Å². The van der Waals surface area contributed by atoms with Gasteiger partial charge in [0.1, 0.15) is 5.82 Å². The van der Waals surface area contributed by atoms with Gasteiger partial charge in [-0.1, -0.05) is 34.1 Å². The van der Waals surface area contributed by atoms with Crippen molar-refractivity contribution in [1.82, 2.24) is 0 Å². The Morgan fingerprint density at radius 2 is 1.89 bits per heavy atom. The average molecular weight is 322 g/mol. The van der Waals surface area contributed by atoms with Crippen molar-refractivity contribution in [2.45, 2.75) is 13.8 Å². The predicted molar refractivity (Wildman–Crippen MR) is 78.0 cm³/mol. The van der Waals surface area contributed by atoms with Gasteiger partial charge in [0.05, 0.1) is 5.56 Å². The van der Waals surface area contributed by atoms with Crippen LogP contribution < -0.4 is 5.32 Å². The Bertz CT molecular complexity index is 640. The van der Waals surface area contributed by atoms with Crippen LogP contribution in [0.1, 0.15) is 21.5 Å². The van der Waals surface area contributed by atoms with E-state index in [1.54, 1.807) is 31.2 Å². The third kappa shape index (κ3) is 3.01. The molecule has 4 heteroatoms. The van der Waals surface area contributed by atoms with Gasteiger partial charge >= 0.3 is 0 Å². The summed E-state index contributed by atoms with van der Waals surface area (Å²) < 4.78 is 14.7. The number of benzene rings is 2. The van der Waals surface area contributed by atoms with Gasteiger partial charge in [0, 0.05) is 10.2 Å². The van der Waals surface area contributed by atoms with E-state index in [0.29, 0.717) is 11.3 Å². The molecule has 0 heterocycles. The average Bonchev–Trinajstić information content (AvgIpc) is 2.37. The smallest absolute Gasteiger partial charge is 0.258 e. The number of hydrogen-bond acceptors (Lipinski definition) is 1. The maximum Gasteiger partial charge on any atom is 0.258 e. The lowest BCUT2D eigenvalue weighted by atomic mass is 10.1. The molecule has 2 rings (SSSR count). The molecule has 0 radical (unpaired) electrons. The number of rotatable bonds is 2. The zero-order valence-electron chi connectivity index (χ0n) is 10.6. The number of carbonyl (C=O) groups is 1. The number of hydrogen-bond donors (Lipinski definition) is 1. The van der Waals surface area contributed by atoms with Gasteiger partial charge in [0.15, 0.2) is 0 Å². The summed E-state index contributed by atoms with van der Waals surface area (Å²) in [5.41, 5.74) is 2.21. The summed E-state index contributed by atoms with van der Waals surface area (Å²) in [5.74, 6) is -0.928. The molecule has 0 saturated heterocycles. The van der Waals surface area contributed by atoms with Crippen LogP contribution in [0.2, 0.25) is 0 Å². The zero-order valence-corrected chi connectivity index (χ0v) is 12.2. The first-order chi connectivity index (χ1) is 8.99. The summed E-state index contributed by atoms with van der Waals surface area (Å²) in [4.78, 5) is 12.0. The zero-order chi connectivity index (χ0) is 14.0. The number of carbonyl (C=O) groups excluding carboxylic acids is 1. The lowest BCUT2D eigenvalue weighted by molar-refractivity contribution is 0.102. The molecule has 0 fully saturated rings. The molecule has 1 amide bonds. The van der Waals surface area contributed by atoms with Crippen LogP contribution in [0.3, 0.4) is 0 Å². The largest absolute Gasteiger partial charge is 0.322 e. The third-order valence-electron chi connectivity index (χ3n) is 2.87. The molecule has 1 N–H and O–H groups in total. The fourth-order valence-corrected chi connectivity index (χ4v) is 2.07. The van der Waals surface area contributed by atoms with Crippen molar-refractivity contribution < 1.29 is 9.18 Å². The van der Waals surface area contributed by atoms with Crippen LogP contribution in [0.15, 0.2) is 40.9 Å². The second-order valence-corrected chi connectivity index (χ2v) is 5.21. The standard InChI is InChI=1S/C15H13BrFNO/c1-9-6-7-11(8-13(9)16)18-15(19)12-5-3-4-10(2)14(12)17/h3-8H,1-2H3,(H,18,19). The highest BCUT2D eigenvalue weighted by Crippen LogP contribution is 2.21. The predicted octanol–water partition coefficient (Wildman–Crippen LogP) is 4.46. The summed E-state index contributed by atoms with van der Waals surface area (Å²) >= 11 is 3.39. The van der Waals surface area contributed by atoms with Gasteiger partial charge in [-0.3, -0.25) is 4.79 Å². The minimum Gasteiger partial charge on any atom is -0.322 e. The van der Waals surface area contributed by atoms with Crippen LogP contribution >= 0.6 is 15.9 Å². The minimum absolute atomic E-state index is 0.0525. The van der Waals surface area contributed by atoms with E-state index in [4.69, 9.17) is 0 Å². The molecule has 0 saturated carbocycles. The van der Waals surface area contributed by atoms with Gasteiger partial charge < -0.3 is 5.32 Å². The number of nitrogens with one attached hydrogen (secondary N) is 1. The summed E-state index contributed by atoms with van der Waals surface area (Å²) in [6.45, 7) is 3.59. The molecule has 2 nitrogen and oxygen atoms in total. The molecule has 0 bridgehead atoms. The van der Waals surface area contributed by atoms with Crippen LogP contribution in [-0.4, -0.2) is 5.91 Å². The molecule has 98 valence electrons. The van der Waals surface area contributed by atoms with E-state index in [-0.39, 0.29) is 5.56 Å². The van der Waals surface area contributed by atoms with Gasteiger partial charge in [0.25, 0.3) is 5.91 Å². The van der Waals surface area contributed by atoms with E-state index < -0.39 is 11.7 Å². The molecule has 19 heavy (non-hydrogen) atoms. The minimum atomic E-state index is -0.480. The lowest BCUT2D eigenvalue weighted by Crippen LogP contribution is -2.14. The quantitative estimate of drug-likeness (QED) is 0.869. The van der Waals surface area contributed by atoms with Gasteiger partial charge in [-0.15, -0.1) is 0 Å². The topological polar surface area (TPSA) is 29.1 Å². The highest BCUT2D eigenvalue weighted by molar-refractivity contribution is 9.10. The SMILES string of the molecule is Cc1ccc(NC(=O)c2cccc(C)c2F)cc1Br. The number of halogens is 2. The van der Waals surface area contributed by atoms with E-state index in [0.717, 1.165) is 10.0 Å². The van der Waals surface area contributed by atoms with Crippen molar-refractivity contribution in [3.05, 3.63) is 63.4 Å². The molecule has 0 aliphatic carbocycles. The highest BCUT2D eigenvalue weighted by Gasteiger charge is 2.13. The van der Waals surface area contributed by atoms with Crippen molar-refractivity contribution in [3.63, 3.8) is 0 Å². The van der Waals surface area contributed by atoms with Crippen molar-refractivity contribution in [2.75, 3.05) is 5.32 Å². The van der Waals surface area contributed by atoms with Crippen LogP contribution in [0, 0.1) is 19.7 Å². The van der Waals surface area contributed by atoms with Crippen LogP contribution in [0.25, 0.3) is 0 Å². The first-order valence-corrected chi connectivity index (χ1v) is 6.61. The van der Waals surface area contributed by atoms with E-state index >= 15 is 0 Å². The molecule has 0 aliphatic heterocycles. The molecule has 0 aliphatic rings. The molecular formula is C15H13BrFNO. The Kier molecular flexibility index (Phi) is 4.00. The van der Waals surface area contributed by atoms with Crippen molar-refractivity contribution in [1.29, 1.82) is 0 Å². The van der Waals surface area contributed by atoms with E-state index in [2.05, 4.69) is 21.2 Å². The highest BCUT2D eigenvalue weighted by atomic mass is 79.9. The summed E-state index contributed by atoms with van der Waals surface area (Å²) in [5, 5.41) is 2.69. The Morgan fingerprint density at radius 3 is 2.58 bits per heavy atom.